The van der Waals surface area contributed by atoms with Gasteiger partial charge in [-0.05, 0) is 37.5 Å². The van der Waals surface area contributed by atoms with Gasteiger partial charge < -0.3 is 10.6 Å². The molecule has 0 aliphatic carbocycles. The Morgan fingerprint density at radius 3 is 2.54 bits per heavy atom. The summed E-state index contributed by atoms with van der Waals surface area (Å²) in [6.45, 7) is 6.66. The van der Waals surface area contributed by atoms with Crippen LogP contribution in [-0.4, -0.2) is 17.4 Å². The van der Waals surface area contributed by atoms with E-state index in [4.69, 9.17) is 0 Å². The van der Waals surface area contributed by atoms with Crippen molar-refractivity contribution in [1.29, 1.82) is 0 Å². The number of halogens is 1. The molecule has 2 aromatic carbocycles. The topological polar surface area (TPSA) is 54.0 Å². The van der Waals surface area contributed by atoms with Crippen molar-refractivity contribution < 1.29 is 4.79 Å². The van der Waals surface area contributed by atoms with Crippen molar-refractivity contribution >= 4 is 40.6 Å². The first-order valence-electron chi connectivity index (χ1n) is 8.67. The summed E-state index contributed by atoms with van der Waals surface area (Å²) < 4.78 is 0. The summed E-state index contributed by atoms with van der Waals surface area (Å²) in [6.07, 6.45) is 2.57. The van der Waals surface area contributed by atoms with Crippen molar-refractivity contribution in [3.63, 3.8) is 0 Å². The molecule has 0 spiro atoms. The van der Waals surface area contributed by atoms with E-state index in [-0.39, 0.29) is 18.3 Å². The van der Waals surface area contributed by atoms with Crippen LogP contribution in [-0.2, 0) is 6.42 Å². The van der Waals surface area contributed by atoms with Crippen LogP contribution in [0.3, 0.4) is 0 Å². The van der Waals surface area contributed by atoms with Crippen LogP contribution < -0.4 is 10.6 Å². The Labute approximate surface area is 160 Å². The molecular weight excluding hydrogens is 346 g/mol. The smallest absolute Gasteiger partial charge is 0.254 e. The zero-order valence-electron chi connectivity index (χ0n) is 15.3. The van der Waals surface area contributed by atoms with Gasteiger partial charge >= 0.3 is 0 Å². The van der Waals surface area contributed by atoms with E-state index in [9.17, 15) is 4.79 Å². The summed E-state index contributed by atoms with van der Waals surface area (Å²) in [7, 11) is 0. The standard InChI is InChI=1S/C21H23N3O.ClH/c1-4-15-10-8-11-16-19(15)23-13-17(21(25)22-5-2)20(16)24-18-12-7-6-9-14(18)3;/h6-13H,4-5H2,1-3H3,(H,22,25)(H,23,24);1H. The number of aromatic nitrogens is 1. The lowest BCUT2D eigenvalue weighted by Crippen LogP contribution is -2.24. The minimum Gasteiger partial charge on any atom is -0.354 e. The molecule has 2 N–H and O–H groups in total. The number of rotatable bonds is 5. The molecule has 136 valence electrons. The number of hydrogen-bond donors (Lipinski definition) is 2. The molecule has 1 aromatic heterocycles. The number of para-hydroxylation sites is 2. The highest BCUT2D eigenvalue weighted by Crippen LogP contribution is 2.31. The number of nitrogens with zero attached hydrogens (tertiary/aromatic N) is 1. The molecular formula is C21H24ClN3O. The third kappa shape index (κ3) is 3.81. The molecule has 3 aromatic rings. The van der Waals surface area contributed by atoms with E-state index in [1.807, 2.05) is 37.3 Å². The zero-order valence-corrected chi connectivity index (χ0v) is 16.1. The summed E-state index contributed by atoms with van der Waals surface area (Å²) >= 11 is 0. The molecule has 4 nitrogen and oxygen atoms in total. The van der Waals surface area contributed by atoms with Gasteiger partial charge in [-0.25, -0.2) is 0 Å². The van der Waals surface area contributed by atoms with Crippen molar-refractivity contribution in [1.82, 2.24) is 10.3 Å². The Kier molecular flexibility index (Phi) is 6.58. The van der Waals surface area contributed by atoms with Crippen molar-refractivity contribution in [3.05, 3.63) is 65.4 Å². The fourth-order valence-corrected chi connectivity index (χ4v) is 2.98. The van der Waals surface area contributed by atoms with E-state index in [0.717, 1.165) is 34.3 Å². The van der Waals surface area contributed by atoms with Crippen LogP contribution in [0, 0.1) is 6.92 Å². The van der Waals surface area contributed by atoms with Gasteiger partial charge in [0.05, 0.1) is 16.8 Å². The van der Waals surface area contributed by atoms with Crippen LogP contribution in [0.25, 0.3) is 10.9 Å². The summed E-state index contributed by atoms with van der Waals surface area (Å²) in [5.41, 5.74) is 5.59. The van der Waals surface area contributed by atoms with Gasteiger partial charge in [-0.1, -0.05) is 43.3 Å². The first-order chi connectivity index (χ1) is 12.2. The summed E-state index contributed by atoms with van der Waals surface area (Å²) in [5.74, 6) is -0.116. The third-order valence-electron chi connectivity index (χ3n) is 4.35. The normalized spacial score (nSPS) is 10.3. The maximum atomic E-state index is 12.5. The van der Waals surface area contributed by atoms with Crippen molar-refractivity contribution in [2.45, 2.75) is 27.2 Å². The lowest BCUT2D eigenvalue weighted by Gasteiger charge is -2.17. The quantitative estimate of drug-likeness (QED) is 0.663. The zero-order chi connectivity index (χ0) is 17.8. The van der Waals surface area contributed by atoms with E-state index >= 15 is 0 Å². The predicted octanol–water partition coefficient (Wildman–Crippen LogP) is 5.02. The monoisotopic (exact) mass is 369 g/mol. The van der Waals surface area contributed by atoms with Crippen LogP contribution in [0.2, 0.25) is 0 Å². The number of nitrogens with one attached hydrogen (secondary N) is 2. The number of carbonyl (C=O) groups is 1. The number of benzene rings is 2. The second kappa shape index (κ2) is 8.68. The Hall–Kier alpha value is -2.59. The van der Waals surface area contributed by atoms with E-state index in [2.05, 4.69) is 41.6 Å². The van der Waals surface area contributed by atoms with Gasteiger partial charge in [0.25, 0.3) is 5.91 Å². The number of fused-ring (bicyclic) bond motifs is 1. The first kappa shape index (κ1) is 19.7. The molecule has 3 rings (SSSR count). The van der Waals surface area contributed by atoms with E-state index in [1.165, 1.54) is 5.56 Å². The molecule has 1 heterocycles. The van der Waals surface area contributed by atoms with Crippen LogP contribution in [0.15, 0.2) is 48.7 Å². The van der Waals surface area contributed by atoms with Gasteiger partial charge in [-0.15, -0.1) is 12.4 Å². The summed E-state index contributed by atoms with van der Waals surface area (Å²) in [6, 6.07) is 14.2. The van der Waals surface area contributed by atoms with Gasteiger partial charge in [-0.2, -0.15) is 0 Å². The minimum absolute atomic E-state index is 0. The minimum atomic E-state index is -0.116. The molecule has 0 radical (unpaired) electrons. The van der Waals surface area contributed by atoms with Gasteiger partial charge in [-0.3, -0.25) is 9.78 Å². The SMILES string of the molecule is CCNC(=O)c1cnc2c(CC)cccc2c1Nc1ccccc1C.Cl. The molecule has 0 saturated heterocycles. The highest BCUT2D eigenvalue weighted by molar-refractivity contribution is 6.08. The second-order valence-electron chi connectivity index (χ2n) is 6.01. The van der Waals surface area contributed by atoms with Gasteiger partial charge in [0.2, 0.25) is 0 Å². The number of anilines is 2. The van der Waals surface area contributed by atoms with Gasteiger partial charge in [0.1, 0.15) is 0 Å². The molecule has 26 heavy (non-hydrogen) atoms. The predicted molar refractivity (Wildman–Crippen MR) is 111 cm³/mol. The van der Waals surface area contributed by atoms with E-state index in [1.54, 1.807) is 6.20 Å². The Morgan fingerprint density at radius 1 is 1.08 bits per heavy atom. The van der Waals surface area contributed by atoms with Crippen LogP contribution in [0.5, 0.6) is 0 Å². The molecule has 0 bridgehead atoms. The van der Waals surface area contributed by atoms with E-state index in [0.29, 0.717) is 12.1 Å². The Morgan fingerprint density at radius 2 is 1.85 bits per heavy atom. The van der Waals surface area contributed by atoms with Crippen molar-refractivity contribution in [3.8, 4) is 0 Å². The highest BCUT2D eigenvalue weighted by atomic mass is 35.5. The van der Waals surface area contributed by atoms with Gasteiger partial charge in [0.15, 0.2) is 0 Å². The van der Waals surface area contributed by atoms with Crippen molar-refractivity contribution in [2.24, 2.45) is 0 Å². The molecule has 0 fully saturated rings. The largest absolute Gasteiger partial charge is 0.354 e. The first-order valence-corrected chi connectivity index (χ1v) is 8.67. The van der Waals surface area contributed by atoms with Crippen LogP contribution in [0.1, 0.15) is 35.3 Å². The average molecular weight is 370 g/mol. The fourth-order valence-electron chi connectivity index (χ4n) is 2.98. The molecule has 0 aliphatic rings. The molecule has 0 saturated carbocycles. The molecule has 0 aliphatic heterocycles. The Bertz CT molecular complexity index is 924. The fraction of sp³-hybridized carbons (Fsp3) is 0.238. The molecule has 5 heteroatoms. The van der Waals surface area contributed by atoms with Crippen molar-refractivity contribution in [2.75, 3.05) is 11.9 Å². The lowest BCUT2D eigenvalue weighted by molar-refractivity contribution is 0.0956. The summed E-state index contributed by atoms with van der Waals surface area (Å²) in [5, 5.41) is 7.31. The second-order valence-corrected chi connectivity index (χ2v) is 6.01. The van der Waals surface area contributed by atoms with Gasteiger partial charge in [0, 0.05) is 23.8 Å². The maximum absolute atomic E-state index is 12.5. The van der Waals surface area contributed by atoms with Crippen LogP contribution in [0.4, 0.5) is 11.4 Å². The number of aryl methyl sites for hydroxylation is 2. The number of carbonyl (C=O) groups excluding carboxylic acids is 1. The highest BCUT2D eigenvalue weighted by Gasteiger charge is 2.17. The number of pyridine rings is 1. The van der Waals surface area contributed by atoms with E-state index < -0.39 is 0 Å². The number of hydrogen-bond acceptors (Lipinski definition) is 3. The summed E-state index contributed by atoms with van der Waals surface area (Å²) in [4.78, 5) is 17.1. The molecule has 1 amide bonds. The average Bonchev–Trinajstić information content (AvgIpc) is 2.63. The number of amides is 1. The third-order valence-corrected chi connectivity index (χ3v) is 4.35. The Balaban J connectivity index is 0.00000243. The maximum Gasteiger partial charge on any atom is 0.254 e. The lowest BCUT2D eigenvalue weighted by atomic mass is 10.0. The van der Waals surface area contributed by atoms with Crippen LogP contribution >= 0.6 is 12.4 Å². The molecule has 0 unspecified atom stereocenters. The molecule has 0 atom stereocenters.